The van der Waals surface area contributed by atoms with Crippen LogP contribution in [0.3, 0.4) is 0 Å². The summed E-state index contributed by atoms with van der Waals surface area (Å²) < 4.78 is 21.2. The van der Waals surface area contributed by atoms with Crippen LogP contribution >= 0.6 is 0 Å². The molecule has 0 saturated heterocycles. The SMILES string of the molecule is COc1cc(C(=O)Nc2ccc3c(c2)CN(C(=O)c2ccco2)CC3)cc(OC)c1OC. The van der Waals surface area contributed by atoms with Crippen molar-refractivity contribution in [2.24, 2.45) is 0 Å². The van der Waals surface area contributed by atoms with E-state index in [1.54, 1.807) is 29.2 Å². The number of amides is 2. The zero-order valence-corrected chi connectivity index (χ0v) is 18.1. The third kappa shape index (κ3) is 4.12. The molecule has 1 aliphatic heterocycles. The van der Waals surface area contributed by atoms with Gasteiger partial charge in [-0.3, -0.25) is 9.59 Å². The van der Waals surface area contributed by atoms with Crippen molar-refractivity contribution < 1.29 is 28.2 Å². The van der Waals surface area contributed by atoms with Crippen LogP contribution in [0.4, 0.5) is 5.69 Å². The summed E-state index contributed by atoms with van der Waals surface area (Å²) in [5, 5.41) is 2.91. The zero-order chi connectivity index (χ0) is 22.7. The minimum absolute atomic E-state index is 0.146. The maximum absolute atomic E-state index is 12.9. The lowest BCUT2D eigenvalue weighted by molar-refractivity contribution is 0.0702. The number of rotatable bonds is 6. The number of carbonyl (C=O) groups excluding carboxylic acids is 2. The summed E-state index contributed by atoms with van der Waals surface area (Å²) in [6.45, 7) is 1.06. The molecule has 2 heterocycles. The van der Waals surface area contributed by atoms with E-state index in [9.17, 15) is 9.59 Å². The first-order valence-corrected chi connectivity index (χ1v) is 10.1. The monoisotopic (exact) mass is 436 g/mol. The summed E-state index contributed by atoms with van der Waals surface area (Å²) >= 11 is 0. The van der Waals surface area contributed by atoms with Crippen LogP contribution < -0.4 is 19.5 Å². The fourth-order valence-electron chi connectivity index (χ4n) is 3.78. The second-order valence-corrected chi connectivity index (χ2v) is 7.31. The van der Waals surface area contributed by atoms with Gasteiger partial charge in [0.1, 0.15) is 0 Å². The summed E-state index contributed by atoms with van der Waals surface area (Å²) in [5.74, 6) is 1.07. The fourth-order valence-corrected chi connectivity index (χ4v) is 3.78. The van der Waals surface area contributed by atoms with Crippen LogP contribution in [-0.4, -0.2) is 44.6 Å². The summed E-state index contributed by atoms with van der Waals surface area (Å²) in [6.07, 6.45) is 2.23. The molecule has 0 spiro atoms. The first kappa shape index (κ1) is 21.3. The quantitative estimate of drug-likeness (QED) is 0.633. The van der Waals surface area contributed by atoms with Crippen LogP contribution in [0.5, 0.6) is 17.2 Å². The van der Waals surface area contributed by atoms with Crippen molar-refractivity contribution in [3.8, 4) is 17.2 Å². The van der Waals surface area contributed by atoms with E-state index < -0.39 is 0 Å². The summed E-state index contributed by atoms with van der Waals surface area (Å²) in [7, 11) is 4.50. The number of furan rings is 1. The molecule has 0 atom stereocenters. The van der Waals surface area contributed by atoms with Crippen molar-refractivity contribution in [3.05, 3.63) is 71.2 Å². The average Bonchev–Trinajstić information content (AvgIpc) is 3.37. The molecule has 1 aliphatic rings. The van der Waals surface area contributed by atoms with Crippen LogP contribution in [0, 0.1) is 0 Å². The van der Waals surface area contributed by atoms with Crippen molar-refractivity contribution in [2.75, 3.05) is 33.2 Å². The first-order valence-electron chi connectivity index (χ1n) is 10.1. The molecule has 1 N–H and O–H groups in total. The Morgan fingerprint density at radius 2 is 1.72 bits per heavy atom. The molecule has 0 fully saturated rings. The van der Waals surface area contributed by atoms with E-state index in [4.69, 9.17) is 18.6 Å². The highest BCUT2D eigenvalue weighted by Crippen LogP contribution is 2.38. The van der Waals surface area contributed by atoms with Gasteiger partial charge >= 0.3 is 0 Å². The Morgan fingerprint density at radius 3 is 2.34 bits per heavy atom. The topological polar surface area (TPSA) is 90.2 Å². The Labute approximate surface area is 185 Å². The molecule has 8 nitrogen and oxygen atoms in total. The number of anilines is 1. The van der Waals surface area contributed by atoms with E-state index in [1.807, 2.05) is 18.2 Å². The van der Waals surface area contributed by atoms with Gasteiger partial charge in [0.15, 0.2) is 17.3 Å². The van der Waals surface area contributed by atoms with E-state index in [1.165, 1.54) is 27.6 Å². The molecular formula is C24H24N2O6. The lowest BCUT2D eigenvalue weighted by Crippen LogP contribution is -2.35. The van der Waals surface area contributed by atoms with E-state index in [2.05, 4.69) is 5.32 Å². The molecule has 4 rings (SSSR count). The molecule has 2 aromatic carbocycles. The molecule has 0 aliphatic carbocycles. The van der Waals surface area contributed by atoms with Gasteiger partial charge in [-0.15, -0.1) is 0 Å². The largest absolute Gasteiger partial charge is 0.493 e. The number of nitrogens with one attached hydrogen (secondary N) is 1. The number of nitrogens with zero attached hydrogens (tertiary/aromatic N) is 1. The van der Waals surface area contributed by atoms with Crippen LogP contribution in [0.25, 0.3) is 0 Å². The number of hydrogen-bond donors (Lipinski definition) is 1. The van der Waals surface area contributed by atoms with Crippen LogP contribution in [-0.2, 0) is 13.0 Å². The molecule has 0 unspecified atom stereocenters. The van der Waals surface area contributed by atoms with E-state index in [0.29, 0.717) is 47.3 Å². The molecule has 1 aromatic heterocycles. The standard InChI is InChI=1S/C24H24N2O6/c1-29-20-12-16(13-21(30-2)22(20)31-3)23(27)25-18-7-6-15-8-9-26(14-17(15)11-18)24(28)19-5-4-10-32-19/h4-7,10-13H,8-9,14H2,1-3H3,(H,25,27). The van der Waals surface area contributed by atoms with Crippen molar-refractivity contribution in [3.63, 3.8) is 0 Å². The van der Waals surface area contributed by atoms with Gasteiger partial charge < -0.3 is 28.8 Å². The molecule has 166 valence electrons. The van der Waals surface area contributed by atoms with E-state index >= 15 is 0 Å². The maximum Gasteiger partial charge on any atom is 0.289 e. The van der Waals surface area contributed by atoms with Gasteiger partial charge in [-0.1, -0.05) is 6.07 Å². The number of ether oxygens (including phenoxy) is 3. The number of methoxy groups -OCH3 is 3. The molecule has 32 heavy (non-hydrogen) atoms. The number of carbonyl (C=O) groups is 2. The third-order valence-electron chi connectivity index (χ3n) is 5.42. The van der Waals surface area contributed by atoms with Gasteiger partial charge in [0.2, 0.25) is 5.75 Å². The maximum atomic E-state index is 12.9. The molecule has 8 heteroatoms. The molecule has 0 saturated carbocycles. The lowest BCUT2D eigenvalue weighted by atomic mass is 9.98. The Kier molecular flexibility index (Phi) is 6.02. The van der Waals surface area contributed by atoms with Crippen molar-refractivity contribution in [1.82, 2.24) is 4.90 Å². The Balaban J connectivity index is 1.53. The number of hydrogen-bond acceptors (Lipinski definition) is 6. The Morgan fingerprint density at radius 1 is 0.969 bits per heavy atom. The van der Waals surface area contributed by atoms with Crippen LogP contribution in [0.1, 0.15) is 32.0 Å². The van der Waals surface area contributed by atoms with Gasteiger partial charge in [-0.2, -0.15) is 0 Å². The zero-order valence-electron chi connectivity index (χ0n) is 18.1. The van der Waals surface area contributed by atoms with E-state index in [-0.39, 0.29) is 11.8 Å². The normalized spacial score (nSPS) is 12.7. The van der Waals surface area contributed by atoms with Crippen molar-refractivity contribution in [1.29, 1.82) is 0 Å². The summed E-state index contributed by atoms with van der Waals surface area (Å²) in [6, 6.07) is 12.3. The first-order chi connectivity index (χ1) is 15.5. The molecule has 2 amide bonds. The van der Waals surface area contributed by atoms with Crippen LogP contribution in [0.15, 0.2) is 53.1 Å². The predicted molar refractivity (Wildman–Crippen MR) is 118 cm³/mol. The van der Waals surface area contributed by atoms with Gasteiger partial charge in [0, 0.05) is 24.3 Å². The highest BCUT2D eigenvalue weighted by Gasteiger charge is 2.24. The number of benzene rings is 2. The fraction of sp³-hybridized carbons (Fsp3) is 0.250. The van der Waals surface area contributed by atoms with Gasteiger partial charge in [0.25, 0.3) is 11.8 Å². The average molecular weight is 436 g/mol. The highest BCUT2D eigenvalue weighted by molar-refractivity contribution is 6.05. The second kappa shape index (κ2) is 9.05. The molecule has 0 radical (unpaired) electrons. The smallest absolute Gasteiger partial charge is 0.289 e. The van der Waals surface area contributed by atoms with Crippen molar-refractivity contribution >= 4 is 17.5 Å². The summed E-state index contributed by atoms with van der Waals surface area (Å²) in [5.41, 5.74) is 3.14. The Hall–Kier alpha value is -3.94. The van der Waals surface area contributed by atoms with Gasteiger partial charge in [-0.05, 0) is 53.9 Å². The van der Waals surface area contributed by atoms with Gasteiger partial charge in [0.05, 0.1) is 27.6 Å². The van der Waals surface area contributed by atoms with Crippen molar-refractivity contribution in [2.45, 2.75) is 13.0 Å². The highest BCUT2D eigenvalue weighted by atomic mass is 16.5. The van der Waals surface area contributed by atoms with E-state index in [0.717, 1.165) is 17.5 Å². The van der Waals surface area contributed by atoms with Crippen LogP contribution in [0.2, 0.25) is 0 Å². The molecular weight excluding hydrogens is 412 g/mol. The predicted octanol–water partition coefficient (Wildman–Crippen LogP) is 3.76. The molecule has 0 bridgehead atoms. The minimum Gasteiger partial charge on any atom is -0.493 e. The Bertz CT molecular complexity index is 1110. The third-order valence-corrected chi connectivity index (χ3v) is 5.42. The molecule has 3 aromatic rings. The minimum atomic E-state index is -0.316. The number of fused-ring (bicyclic) bond motifs is 1. The summed E-state index contributed by atoms with van der Waals surface area (Å²) in [4.78, 5) is 27.3. The lowest BCUT2D eigenvalue weighted by Gasteiger charge is -2.28. The van der Waals surface area contributed by atoms with Gasteiger partial charge in [-0.25, -0.2) is 0 Å². The second-order valence-electron chi connectivity index (χ2n) is 7.31.